The number of allylic oxidation sites excluding steroid dienone is 3. The summed E-state index contributed by atoms with van der Waals surface area (Å²) in [5.74, 6) is -1.16. The number of aliphatic imine (C=N–C) groups is 1. The third kappa shape index (κ3) is 3.08. The van der Waals surface area contributed by atoms with Crippen molar-refractivity contribution in [1.82, 2.24) is 0 Å². The molecule has 1 aliphatic carbocycles. The molecule has 0 aromatic carbocycles. The summed E-state index contributed by atoms with van der Waals surface area (Å²) in [6, 6.07) is -1.38. The average Bonchev–Trinajstić information content (AvgIpc) is 2.30. The van der Waals surface area contributed by atoms with Crippen molar-refractivity contribution in [2.24, 2.45) is 16.6 Å². The summed E-state index contributed by atoms with van der Waals surface area (Å²) in [6.45, 7) is 1.80. The number of alkyl halides is 3. The second-order valence-electron chi connectivity index (χ2n) is 4.79. The predicted molar refractivity (Wildman–Crippen MR) is 62.0 cm³/mol. The molecule has 3 atom stereocenters. The van der Waals surface area contributed by atoms with E-state index in [0.717, 1.165) is 5.57 Å². The molecule has 3 nitrogen and oxygen atoms in total. The van der Waals surface area contributed by atoms with E-state index in [0.29, 0.717) is 6.42 Å². The van der Waals surface area contributed by atoms with Crippen molar-refractivity contribution in [3.05, 3.63) is 23.6 Å². The van der Waals surface area contributed by atoms with E-state index in [1.807, 2.05) is 0 Å². The van der Waals surface area contributed by atoms with Crippen LogP contribution in [0.3, 0.4) is 0 Å². The summed E-state index contributed by atoms with van der Waals surface area (Å²) >= 11 is 0. The van der Waals surface area contributed by atoms with Gasteiger partial charge in [-0.1, -0.05) is 11.6 Å². The summed E-state index contributed by atoms with van der Waals surface area (Å²) < 4.78 is 56.2. The highest BCUT2D eigenvalue weighted by molar-refractivity contribution is 5.72. The third-order valence-corrected chi connectivity index (χ3v) is 3.26. The molecule has 0 saturated heterocycles. The fraction of sp³-hybridized carbons (Fsp3) is 0.583. The van der Waals surface area contributed by atoms with Crippen molar-refractivity contribution in [1.29, 1.82) is 0 Å². The van der Waals surface area contributed by atoms with E-state index in [1.165, 1.54) is 6.08 Å². The van der Waals surface area contributed by atoms with Gasteiger partial charge in [0.05, 0.1) is 6.04 Å². The molecule has 1 aliphatic heterocycles. The molecule has 2 rings (SSSR count). The van der Waals surface area contributed by atoms with Crippen molar-refractivity contribution in [2.75, 3.05) is 0 Å². The van der Waals surface area contributed by atoms with Gasteiger partial charge >= 0.3 is 6.18 Å². The van der Waals surface area contributed by atoms with Crippen LogP contribution in [0.25, 0.3) is 0 Å². The lowest BCUT2D eigenvalue weighted by Crippen LogP contribution is -2.44. The maximum Gasteiger partial charge on any atom is 0.425 e. The van der Waals surface area contributed by atoms with E-state index in [2.05, 4.69) is 9.73 Å². The Balaban J connectivity index is 2.19. The summed E-state index contributed by atoms with van der Waals surface area (Å²) in [7, 11) is 0. The Bertz CT molecular complexity index is 453. The Labute approximate surface area is 107 Å². The van der Waals surface area contributed by atoms with Crippen LogP contribution in [0.15, 0.2) is 28.5 Å². The molecule has 7 heteroatoms. The maximum absolute atomic E-state index is 13.7. The number of rotatable bonds is 1. The Morgan fingerprint density at radius 3 is 2.68 bits per heavy atom. The van der Waals surface area contributed by atoms with Crippen molar-refractivity contribution in [3.63, 3.8) is 0 Å². The van der Waals surface area contributed by atoms with Crippen molar-refractivity contribution >= 4 is 6.02 Å². The molecule has 2 aliphatic rings. The molecule has 1 heterocycles. The van der Waals surface area contributed by atoms with E-state index >= 15 is 0 Å². The zero-order valence-electron chi connectivity index (χ0n) is 10.2. The first-order valence-electron chi connectivity index (χ1n) is 5.87. The largest absolute Gasteiger partial charge is 0.452 e. The van der Waals surface area contributed by atoms with E-state index in [1.54, 1.807) is 13.0 Å². The van der Waals surface area contributed by atoms with Gasteiger partial charge in [0, 0.05) is 12.3 Å². The van der Waals surface area contributed by atoms with Crippen LogP contribution < -0.4 is 5.73 Å². The van der Waals surface area contributed by atoms with Gasteiger partial charge in [0.15, 0.2) is 6.10 Å². The average molecular weight is 278 g/mol. The quantitative estimate of drug-likeness (QED) is 0.750. The lowest BCUT2D eigenvalue weighted by molar-refractivity contribution is -0.205. The zero-order chi connectivity index (χ0) is 14.2. The number of halogens is 4. The van der Waals surface area contributed by atoms with Gasteiger partial charge in [-0.3, -0.25) is 0 Å². The van der Waals surface area contributed by atoms with Gasteiger partial charge in [-0.2, -0.15) is 13.2 Å². The molecule has 0 aromatic heterocycles. The minimum atomic E-state index is -4.53. The van der Waals surface area contributed by atoms with Gasteiger partial charge in [0.25, 0.3) is 6.02 Å². The van der Waals surface area contributed by atoms with Crippen LogP contribution in [0.4, 0.5) is 17.6 Å². The molecule has 106 valence electrons. The van der Waals surface area contributed by atoms with Gasteiger partial charge in [-0.05, 0) is 19.4 Å². The molecule has 0 aromatic rings. The van der Waals surface area contributed by atoms with Crippen LogP contribution in [-0.2, 0) is 4.74 Å². The minimum absolute atomic E-state index is 0.342. The monoisotopic (exact) mass is 278 g/mol. The van der Waals surface area contributed by atoms with E-state index in [-0.39, 0.29) is 0 Å². The lowest BCUT2D eigenvalue weighted by Gasteiger charge is -2.33. The highest BCUT2D eigenvalue weighted by atomic mass is 19.4. The Kier molecular flexibility index (Phi) is 3.56. The van der Waals surface area contributed by atoms with Gasteiger partial charge < -0.3 is 10.5 Å². The van der Waals surface area contributed by atoms with Gasteiger partial charge in [0.2, 0.25) is 0 Å². The third-order valence-electron chi connectivity index (χ3n) is 3.26. The first-order valence-corrected chi connectivity index (χ1v) is 5.87. The Morgan fingerprint density at radius 1 is 1.37 bits per heavy atom. The van der Waals surface area contributed by atoms with Crippen LogP contribution in [0, 0.1) is 5.92 Å². The van der Waals surface area contributed by atoms with E-state index in [9.17, 15) is 17.6 Å². The number of hydrogen-bond donors (Lipinski definition) is 1. The van der Waals surface area contributed by atoms with Crippen LogP contribution >= 0.6 is 0 Å². The molecular weight excluding hydrogens is 264 g/mol. The standard InChI is InChI=1S/C12H14F4N2O/c1-6-2-3-8(13)7(4-6)9-5-10(12(14,15)16)19-11(17)18-9/h2-3,7,9-10H,4-5H2,1H3,(H2,17,18). The van der Waals surface area contributed by atoms with Gasteiger partial charge in [-0.25, -0.2) is 9.38 Å². The number of ether oxygens (including phenoxy) is 1. The van der Waals surface area contributed by atoms with Crippen molar-refractivity contribution in [3.8, 4) is 0 Å². The molecule has 3 unspecified atom stereocenters. The number of hydrogen-bond acceptors (Lipinski definition) is 3. The smallest absolute Gasteiger partial charge is 0.425 e. The molecule has 0 fully saturated rings. The lowest BCUT2D eigenvalue weighted by atomic mass is 9.85. The number of nitrogens with two attached hydrogens (primary N) is 1. The second kappa shape index (κ2) is 4.86. The van der Waals surface area contributed by atoms with Crippen molar-refractivity contribution in [2.45, 2.75) is 38.1 Å². The SMILES string of the molecule is CC1=CC=C(F)C(C2CC(C(F)(F)F)OC(N)=N2)C1. The van der Waals surface area contributed by atoms with Gasteiger partial charge in [0.1, 0.15) is 5.83 Å². The number of nitrogens with zero attached hydrogens (tertiary/aromatic N) is 1. The molecule has 0 radical (unpaired) electrons. The Hall–Kier alpha value is -1.53. The summed E-state index contributed by atoms with van der Waals surface area (Å²) in [6.07, 6.45) is -3.74. The first kappa shape index (κ1) is 13.9. The fourth-order valence-electron chi connectivity index (χ4n) is 2.29. The normalized spacial score (nSPS) is 32.1. The molecule has 19 heavy (non-hydrogen) atoms. The first-order chi connectivity index (χ1) is 8.77. The number of amidine groups is 1. The van der Waals surface area contributed by atoms with Crippen LogP contribution in [0.2, 0.25) is 0 Å². The van der Waals surface area contributed by atoms with Crippen LogP contribution in [0.1, 0.15) is 19.8 Å². The second-order valence-corrected chi connectivity index (χ2v) is 4.79. The molecule has 0 spiro atoms. The molecule has 0 amide bonds. The summed E-state index contributed by atoms with van der Waals surface area (Å²) in [4.78, 5) is 3.82. The van der Waals surface area contributed by atoms with Crippen molar-refractivity contribution < 1.29 is 22.3 Å². The molecule has 0 saturated carbocycles. The highest BCUT2D eigenvalue weighted by Gasteiger charge is 2.47. The Morgan fingerprint density at radius 2 is 2.05 bits per heavy atom. The molecule has 2 N–H and O–H groups in total. The minimum Gasteiger partial charge on any atom is -0.452 e. The topological polar surface area (TPSA) is 47.6 Å². The maximum atomic E-state index is 13.7. The molecular formula is C12H14F4N2O. The fourth-order valence-corrected chi connectivity index (χ4v) is 2.29. The molecule has 0 bridgehead atoms. The van der Waals surface area contributed by atoms with Gasteiger partial charge in [-0.15, -0.1) is 0 Å². The zero-order valence-corrected chi connectivity index (χ0v) is 10.2. The summed E-state index contributed by atoms with van der Waals surface area (Å²) in [5.41, 5.74) is 6.17. The summed E-state index contributed by atoms with van der Waals surface area (Å²) in [5, 5.41) is 0. The highest BCUT2D eigenvalue weighted by Crippen LogP contribution is 2.37. The van der Waals surface area contributed by atoms with Crippen LogP contribution in [-0.4, -0.2) is 24.3 Å². The predicted octanol–water partition coefficient (Wildman–Crippen LogP) is 2.84. The van der Waals surface area contributed by atoms with E-state index in [4.69, 9.17) is 5.73 Å². The van der Waals surface area contributed by atoms with E-state index < -0.39 is 42.5 Å². The van der Waals surface area contributed by atoms with Crippen LogP contribution in [0.5, 0.6) is 0 Å².